The fraction of sp³-hybridized carbons (Fsp3) is 0.542. The lowest BCUT2D eigenvalue weighted by Gasteiger charge is -2.26. The summed E-state index contributed by atoms with van der Waals surface area (Å²) < 4.78 is 34.3. The molecular formula is C24H35N5O4S. The Hall–Kier alpha value is -2.72. The second-order valence-corrected chi connectivity index (χ2v) is 10.5. The van der Waals surface area contributed by atoms with Crippen LogP contribution in [-0.2, 0) is 10.0 Å². The number of H-pyrrole nitrogens is 1. The summed E-state index contributed by atoms with van der Waals surface area (Å²) in [5, 5.41) is 0. The van der Waals surface area contributed by atoms with E-state index in [0.717, 1.165) is 44.8 Å². The smallest absolute Gasteiger partial charge is 0.279 e. The highest BCUT2D eigenvalue weighted by Crippen LogP contribution is 2.29. The Balaban J connectivity index is 2.07. The molecule has 3 aromatic rings. The van der Waals surface area contributed by atoms with Crippen LogP contribution in [0.25, 0.3) is 22.6 Å². The van der Waals surface area contributed by atoms with E-state index < -0.39 is 16.1 Å². The van der Waals surface area contributed by atoms with Crippen LogP contribution in [0.15, 0.2) is 35.4 Å². The van der Waals surface area contributed by atoms with Gasteiger partial charge in [-0.2, -0.15) is 0 Å². The summed E-state index contributed by atoms with van der Waals surface area (Å²) in [7, 11) is -3.41. The van der Waals surface area contributed by atoms with Crippen LogP contribution in [0.3, 0.4) is 0 Å². The summed E-state index contributed by atoms with van der Waals surface area (Å²) in [5.74, 6) is 1.03. The van der Waals surface area contributed by atoms with Gasteiger partial charge in [-0.3, -0.25) is 4.79 Å². The zero-order valence-electron chi connectivity index (χ0n) is 20.4. The highest BCUT2D eigenvalue weighted by molar-refractivity contribution is 7.88. The van der Waals surface area contributed by atoms with Crippen molar-refractivity contribution in [3.05, 3.63) is 40.9 Å². The van der Waals surface area contributed by atoms with Gasteiger partial charge in [-0.05, 0) is 31.9 Å². The molecule has 2 unspecified atom stereocenters. The first-order chi connectivity index (χ1) is 16.2. The summed E-state index contributed by atoms with van der Waals surface area (Å²) in [4.78, 5) is 24.8. The average molecular weight is 490 g/mol. The van der Waals surface area contributed by atoms with Gasteiger partial charge in [0.05, 0.1) is 30.8 Å². The number of hydrogen-bond donors (Lipinski definition) is 2. The number of aromatic amines is 1. The third-order valence-electron chi connectivity index (χ3n) is 5.72. The fourth-order valence-corrected chi connectivity index (χ4v) is 4.96. The van der Waals surface area contributed by atoms with Gasteiger partial charge in [0.2, 0.25) is 10.0 Å². The molecule has 0 aliphatic heterocycles. The van der Waals surface area contributed by atoms with Crippen molar-refractivity contribution in [2.75, 3.05) is 12.9 Å². The first kappa shape index (κ1) is 25.9. The van der Waals surface area contributed by atoms with Crippen molar-refractivity contribution >= 4 is 21.2 Å². The Labute approximate surface area is 201 Å². The maximum atomic E-state index is 12.9. The summed E-state index contributed by atoms with van der Waals surface area (Å²) >= 11 is 0. The summed E-state index contributed by atoms with van der Waals surface area (Å²) in [6.45, 7) is 6.56. The van der Waals surface area contributed by atoms with E-state index in [1.807, 2.05) is 42.7 Å². The van der Waals surface area contributed by atoms with Gasteiger partial charge in [-0.1, -0.05) is 51.7 Å². The molecule has 2 atom stereocenters. The number of aromatic nitrogens is 4. The van der Waals surface area contributed by atoms with Gasteiger partial charge in [0.15, 0.2) is 11.2 Å². The van der Waals surface area contributed by atoms with Gasteiger partial charge in [0.1, 0.15) is 11.6 Å². The van der Waals surface area contributed by atoms with Crippen molar-refractivity contribution in [2.24, 2.45) is 0 Å². The number of sulfonamides is 1. The second kappa shape index (κ2) is 11.6. The number of imidazole rings is 1. The third kappa shape index (κ3) is 6.44. The van der Waals surface area contributed by atoms with E-state index in [1.54, 1.807) is 6.33 Å². The van der Waals surface area contributed by atoms with Crippen LogP contribution in [0, 0.1) is 0 Å². The molecule has 0 radical (unpaired) electrons. The zero-order chi connectivity index (χ0) is 24.7. The third-order valence-corrected chi connectivity index (χ3v) is 6.52. The summed E-state index contributed by atoms with van der Waals surface area (Å²) in [6.07, 6.45) is 8.52. The SMILES string of the molecule is CCCCCCC(C(C)NS(C)(=O)=O)n1cnc2c(=O)[nH]c(-c3ccccc3OCCC)nc21. The molecule has 10 heteroatoms. The van der Waals surface area contributed by atoms with Crippen LogP contribution in [-0.4, -0.2) is 46.8 Å². The molecule has 2 aromatic heterocycles. The second-order valence-electron chi connectivity index (χ2n) is 8.68. The molecule has 0 aliphatic rings. The topological polar surface area (TPSA) is 119 Å². The van der Waals surface area contributed by atoms with Crippen molar-refractivity contribution in [1.29, 1.82) is 0 Å². The van der Waals surface area contributed by atoms with Crippen LogP contribution >= 0.6 is 0 Å². The number of rotatable bonds is 13. The molecule has 186 valence electrons. The highest BCUT2D eigenvalue weighted by Gasteiger charge is 2.25. The molecule has 2 N–H and O–H groups in total. The average Bonchev–Trinajstić information content (AvgIpc) is 3.21. The van der Waals surface area contributed by atoms with Crippen LogP contribution in [0.5, 0.6) is 5.75 Å². The van der Waals surface area contributed by atoms with Gasteiger partial charge in [-0.15, -0.1) is 0 Å². The first-order valence-electron chi connectivity index (χ1n) is 11.9. The van der Waals surface area contributed by atoms with E-state index in [1.165, 1.54) is 0 Å². The zero-order valence-corrected chi connectivity index (χ0v) is 21.2. The molecule has 0 spiro atoms. The van der Waals surface area contributed by atoms with Crippen LogP contribution in [0.2, 0.25) is 0 Å². The standard InChI is InChI=1S/C24H35N5O4S/c1-5-7-8-9-13-19(17(3)28-34(4,31)32)29-16-25-21-23(29)26-22(27-24(21)30)18-12-10-11-14-20(18)33-15-6-2/h10-12,14,16-17,19,28H,5-9,13,15H2,1-4H3,(H,26,27,30). The monoisotopic (exact) mass is 489 g/mol. The van der Waals surface area contributed by atoms with Crippen molar-refractivity contribution in [2.45, 2.75) is 71.4 Å². The lowest BCUT2D eigenvalue weighted by Crippen LogP contribution is -2.38. The number of benzene rings is 1. The summed E-state index contributed by atoms with van der Waals surface area (Å²) in [6, 6.07) is 6.79. The fourth-order valence-electron chi connectivity index (χ4n) is 4.12. The minimum Gasteiger partial charge on any atom is -0.493 e. The number of unbranched alkanes of at least 4 members (excludes halogenated alkanes) is 3. The number of ether oxygens (including phenoxy) is 1. The Morgan fingerprint density at radius 1 is 1.15 bits per heavy atom. The van der Waals surface area contributed by atoms with E-state index >= 15 is 0 Å². The molecule has 9 nitrogen and oxygen atoms in total. The van der Waals surface area contributed by atoms with Gasteiger partial charge >= 0.3 is 0 Å². The van der Waals surface area contributed by atoms with E-state index in [-0.39, 0.29) is 17.1 Å². The number of nitrogens with one attached hydrogen (secondary N) is 2. The Kier molecular flexibility index (Phi) is 8.84. The maximum Gasteiger partial charge on any atom is 0.279 e. The molecule has 0 saturated heterocycles. The molecule has 3 rings (SSSR count). The van der Waals surface area contributed by atoms with E-state index in [4.69, 9.17) is 9.72 Å². The maximum absolute atomic E-state index is 12.9. The minimum atomic E-state index is -3.41. The molecule has 1 aromatic carbocycles. The predicted octanol–water partition coefficient (Wildman–Crippen LogP) is 4.02. The molecular weight excluding hydrogens is 454 g/mol. The van der Waals surface area contributed by atoms with Crippen LogP contribution in [0.4, 0.5) is 0 Å². The first-order valence-corrected chi connectivity index (χ1v) is 13.8. The summed E-state index contributed by atoms with van der Waals surface area (Å²) in [5.41, 5.74) is 0.981. The molecule has 2 heterocycles. The Bertz CT molecular complexity index is 1250. The predicted molar refractivity (Wildman–Crippen MR) is 135 cm³/mol. The lowest BCUT2D eigenvalue weighted by atomic mass is 10.0. The minimum absolute atomic E-state index is 0.223. The lowest BCUT2D eigenvalue weighted by molar-refractivity contribution is 0.318. The quantitative estimate of drug-likeness (QED) is 0.350. The molecule has 0 saturated carbocycles. The molecule has 0 aliphatic carbocycles. The number of hydrogen-bond acceptors (Lipinski definition) is 6. The molecule has 0 bridgehead atoms. The van der Waals surface area contributed by atoms with Crippen molar-refractivity contribution in [1.82, 2.24) is 24.2 Å². The highest BCUT2D eigenvalue weighted by atomic mass is 32.2. The van der Waals surface area contributed by atoms with Gasteiger partial charge in [0, 0.05) is 6.04 Å². The van der Waals surface area contributed by atoms with E-state index in [0.29, 0.717) is 29.4 Å². The van der Waals surface area contributed by atoms with Crippen LogP contribution < -0.4 is 15.0 Å². The van der Waals surface area contributed by atoms with E-state index in [9.17, 15) is 13.2 Å². The number of para-hydroxylation sites is 1. The van der Waals surface area contributed by atoms with Crippen LogP contribution in [0.1, 0.15) is 65.3 Å². The van der Waals surface area contributed by atoms with Gasteiger partial charge < -0.3 is 14.3 Å². The van der Waals surface area contributed by atoms with Gasteiger partial charge in [-0.25, -0.2) is 23.1 Å². The molecule has 0 amide bonds. The van der Waals surface area contributed by atoms with Gasteiger partial charge in [0.25, 0.3) is 5.56 Å². The molecule has 34 heavy (non-hydrogen) atoms. The van der Waals surface area contributed by atoms with E-state index in [2.05, 4.69) is 21.6 Å². The number of nitrogens with zero attached hydrogens (tertiary/aromatic N) is 3. The molecule has 0 fully saturated rings. The largest absolute Gasteiger partial charge is 0.493 e. The normalized spacial score (nSPS) is 13.8. The van der Waals surface area contributed by atoms with Crippen molar-refractivity contribution in [3.63, 3.8) is 0 Å². The Morgan fingerprint density at radius 2 is 1.91 bits per heavy atom. The van der Waals surface area contributed by atoms with Crippen molar-refractivity contribution in [3.8, 4) is 17.1 Å². The Morgan fingerprint density at radius 3 is 2.62 bits per heavy atom. The number of fused-ring (bicyclic) bond motifs is 1. The van der Waals surface area contributed by atoms with Crippen molar-refractivity contribution < 1.29 is 13.2 Å².